The molecule has 0 aliphatic rings. The summed E-state index contributed by atoms with van der Waals surface area (Å²) in [5, 5.41) is -0.253. The van der Waals surface area contributed by atoms with Gasteiger partial charge in [0.25, 0.3) is 10.0 Å². The molecule has 2 aromatic rings. The number of aromatic nitrogens is 1. The van der Waals surface area contributed by atoms with Crippen molar-refractivity contribution in [2.24, 2.45) is 0 Å². The van der Waals surface area contributed by atoms with Crippen molar-refractivity contribution < 1.29 is 12.8 Å². The standard InChI is InChI=1S/C12H10BrClFN3O2S/c1-6-10(2-3-12(13)17-6)18-21(19,20)11-5-9(16)8(15)4-7(11)14/h2-5,18H,16H2,1H3. The number of nitrogens with two attached hydrogens (primary N) is 1. The second-order valence-electron chi connectivity index (χ2n) is 4.18. The Morgan fingerprint density at radius 1 is 1.38 bits per heavy atom. The second kappa shape index (κ2) is 5.78. The van der Waals surface area contributed by atoms with Gasteiger partial charge in [-0.3, -0.25) is 4.72 Å². The normalized spacial score (nSPS) is 11.4. The van der Waals surface area contributed by atoms with E-state index < -0.39 is 15.8 Å². The van der Waals surface area contributed by atoms with Crippen LogP contribution in [0.25, 0.3) is 0 Å². The van der Waals surface area contributed by atoms with Gasteiger partial charge < -0.3 is 5.73 Å². The summed E-state index contributed by atoms with van der Waals surface area (Å²) in [7, 11) is -4.00. The first-order chi connectivity index (χ1) is 9.70. The SMILES string of the molecule is Cc1nc(Br)ccc1NS(=O)(=O)c1cc(N)c(F)cc1Cl. The van der Waals surface area contributed by atoms with Crippen LogP contribution in [-0.2, 0) is 10.0 Å². The summed E-state index contributed by atoms with van der Waals surface area (Å²) in [5.41, 5.74) is 5.84. The summed E-state index contributed by atoms with van der Waals surface area (Å²) in [6.07, 6.45) is 0. The van der Waals surface area contributed by atoms with Gasteiger partial charge in [-0.25, -0.2) is 17.8 Å². The third-order valence-corrected chi connectivity index (χ3v) is 4.91. The molecule has 0 aliphatic carbocycles. The van der Waals surface area contributed by atoms with E-state index in [-0.39, 0.29) is 21.3 Å². The fraction of sp³-hybridized carbons (Fsp3) is 0.0833. The molecule has 0 saturated carbocycles. The molecule has 3 N–H and O–H groups in total. The topological polar surface area (TPSA) is 85.1 Å². The molecule has 21 heavy (non-hydrogen) atoms. The van der Waals surface area contributed by atoms with E-state index in [2.05, 4.69) is 25.6 Å². The molecule has 0 fully saturated rings. The highest BCUT2D eigenvalue weighted by molar-refractivity contribution is 9.10. The Morgan fingerprint density at radius 3 is 2.67 bits per heavy atom. The van der Waals surface area contributed by atoms with E-state index in [9.17, 15) is 12.8 Å². The maximum atomic E-state index is 13.2. The molecule has 1 heterocycles. The molecule has 1 aromatic carbocycles. The molecule has 0 spiro atoms. The van der Waals surface area contributed by atoms with Gasteiger partial charge in [0, 0.05) is 0 Å². The number of hydrogen-bond acceptors (Lipinski definition) is 4. The van der Waals surface area contributed by atoms with Gasteiger partial charge in [-0.15, -0.1) is 0 Å². The van der Waals surface area contributed by atoms with Crippen LogP contribution in [0.1, 0.15) is 5.69 Å². The first-order valence-corrected chi connectivity index (χ1v) is 8.26. The summed E-state index contributed by atoms with van der Waals surface area (Å²) in [6, 6.07) is 4.97. The number of anilines is 2. The summed E-state index contributed by atoms with van der Waals surface area (Å²) in [6.45, 7) is 1.64. The van der Waals surface area contributed by atoms with Crippen LogP contribution >= 0.6 is 27.5 Å². The minimum absolute atomic E-state index is 0.253. The van der Waals surface area contributed by atoms with E-state index in [0.717, 1.165) is 12.1 Å². The smallest absolute Gasteiger partial charge is 0.263 e. The van der Waals surface area contributed by atoms with Crippen LogP contribution in [0.4, 0.5) is 15.8 Å². The molecule has 0 amide bonds. The average Bonchev–Trinajstić information content (AvgIpc) is 2.37. The lowest BCUT2D eigenvalue weighted by Crippen LogP contribution is -2.15. The van der Waals surface area contributed by atoms with Gasteiger partial charge in [-0.05, 0) is 47.1 Å². The number of halogens is 3. The van der Waals surface area contributed by atoms with Gasteiger partial charge >= 0.3 is 0 Å². The molecular formula is C12H10BrClFN3O2S. The molecular weight excluding hydrogens is 385 g/mol. The highest BCUT2D eigenvalue weighted by Crippen LogP contribution is 2.28. The third kappa shape index (κ3) is 3.45. The first kappa shape index (κ1) is 16.0. The number of aryl methyl sites for hydroxylation is 1. The summed E-state index contributed by atoms with van der Waals surface area (Å²) < 4.78 is 40.8. The van der Waals surface area contributed by atoms with Crippen LogP contribution < -0.4 is 10.5 Å². The summed E-state index contributed by atoms with van der Waals surface area (Å²) in [5.74, 6) is -0.777. The molecule has 112 valence electrons. The highest BCUT2D eigenvalue weighted by atomic mass is 79.9. The number of hydrogen-bond donors (Lipinski definition) is 2. The maximum Gasteiger partial charge on any atom is 0.263 e. The zero-order chi connectivity index (χ0) is 15.8. The predicted molar refractivity (Wildman–Crippen MR) is 83.3 cm³/mol. The molecule has 0 saturated heterocycles. The lowest BCUT2D eigenvalue weighted by molar-refractivity contribution is 0.600. The van der Waals surface area contributed by atoms with Gasteiger partial charge in [0.2, 0.25) is 0 Å². The largest absolute Gasteiger partial charge is 0.396 e. The van der Waals surface area contributed by atoms with Crippen molar-refractivity contribution in [1.82, 2.24) is 4.98 Å². The monoisotopic (exact) mass is 393 g/mol. The van der Waals surface area contributed by atoms with Gasteiger partial charge in [0.15, 0.2) is 0 Å². The molecule has 0 radical (unpaired) electrons. The van der Waals surface area contributed by atoms with Crippen LogP contribution in [0.2, 0.25) is 5.02 Å². The fourth-order valence-corrected chi connectivity index (χ4v) is 3.65. The molecule has 5 nitrogen and oxygen atoms in total. The predicted octanol–water partition coefficient (Wildman–Crippen LogP) is 3.33. The minimum atomic E-state index is -4.00. The number of pyridine rings is 1. The second-order valence-corrected chi connectivity index (χ2v) is 7.05. The van der Waals surface area contributed by atoms with Crippen molar-refractivity contribution >= 4 is 48.9 Å². The number of nitrogen functional groups attached to an aromatic ring is 1. The van der Waals surface area contributed by atoms with Gasteiger partial charge in [0.05, 0.1) is 22.1 Å². The van der Waals surface area contributed by atoms with Crippen molar-refractivity contribution in [2.45, 2.75) is 11.8 Å². The average molecular weight is 395 g/mol. The van der Waals surface area contributed by atoms with Crippen LogP contribution in [0.3, 0.4) is 0 Å². The number of nitrogens with zero attached hydrogens (tertiary/aromatic N) is 1. The highest BCUT2D eigenvalue weighted by Gasteiger charge is 2.21. The summed E-state index contributed by atoms with van der Waals surface area (Å²) in [4.78, 5) is 3.78. The van der Waals surface area contributed by atoms with Crippen LogP contribution in [0.5, 0.6) is 0 Å². The van der Waals surface area contributed by atoms with E-state index in [1.165, 1.54) is 0 Å². The number of benzene rings is 1. The Kier molecular flexibility index (Phi) is 4.40. The number of sulfonamides is 1. The molecule has 9 heteroatoms. The molecule has 1 aromatic heterocycles. The summed E-state index contributed by atoms with van der Waals surface area (Å²) >= 11 is 8.96. The third-order valence-electron chi connectivity index (χ3n) is 2.64. The first-order valence-electron chi connectivity index (χ1n) is 5.61. The Hall–Kier alpha value is -1.38. The van der Waals surface area contributed by atoms with Crippen LogP contribution in [0, 0.1) is 12.7 Å². The van der Waals surface area contributed by atoms with Crippen molar-refractivity contribution in [2.75, 3.05) is 10.5 Å². The van der Waals surface area contributed by atoms with Crippen molar-refractivity contribution in [3.8, 4) is 0 Å². The Morgan fingerprint density at radius 2 is 2.05 bits per heavy atom. The van der Waals surface area contributed by atoms with Crippen LogP contribution in [-0.4, -0.2) is 13.4 Å². The molecule has 2 rings (SSSR count). The Bertz CT molecular complexity index is 814. The zero-order valence-corrected chi connectivity index (χ0v) is 13.9. The van der Waals surface area contributed by atoms with Gasteiger partial charge in [-0.2, -0.15) is 0 Å². The van der Waals surface area contributed by atoms with Gasteiger partial charge in [0.1, 0.15) is 15.3 Å². The molecule has 0 bridgehead atoms. The van der Waals surface area contributed by atoms with E-state index in [4.69, 9.17) is 17.3 Å². The van der Waals surface area contributed by atoms with E-state index in [0.29, 0.717) is 10.3 Å². The Labute approximate surface area is 134 Å². The lowest BCUT2D eigenvalue weighted by Gasteiger charge is -2.12. The van der Waals surface area contributed by atoms with E-state index in [1.54, 1.807) is 19.1 Å². The zero-order valence-electron chi connectivity index (χ0n) is 10.7. The fourth-order valence-electron chi connectivity index (χ4n) is 1.59. The molecule has 0 aliphatic heterocycles. The van der Waals surface area contributed by atoms with Crippen molar-refractivity contribution in [1.29, 1.82) is 0 Å². The van der Waals surface area contributed by atoms with Crippen LogP contribution in [0.15, 0.2) is 33.8 Å². The minimum Gasteiger partial charge on any atom is -0.396 e. The molecule has 0 atom stereocenters. The number of rotatable bonds is 3. The lowest BCUT2D eigenvalue weighted by atomic mass is 10.3. The van der Waals surface area contributed by atoms with Crippen molar-refractivity contribution in [3.63, 3.8) is 0 Å². The molecule has 0 unspecified atom stereocenters. The van der Waals surface area contributed by atoms with E-state index >= 15 is 0 Å². The maximum absolute atomic E-state index is 13.2. The Balaban J connectivity index is 2.46. The van der Waals surface area contributed by atoms with E-state index in [1.807, 2.05) is 0 Å². The quantitative estimate of drug-likeness (QED) is 0.618. The number of nitrogens with one attached hydrogen (secondary N) is 1. The van der Waals surface area contributed by atoms with Gasteiger partial charge in [-0.1, -0.05) is 11.6 Å². The van der Waals surface area contributed by atoms with Crippen molar-refractivity contribution in [3.05, 3.63) is 45.4 Å².